The molecule has 0 aliphatic carbocycles. The van der Waals surface area contributed by atoms with E-state index in [0.717, 1.165) is 32.0 Å². The Balaban J connectivity index is 1.92. The summed E-state index contributed by atoms with van der Waals surface area (Å²) >= 11 is 0. The van der Waals surface area contributed by atoms with Crippen LogP contribution in [-0.4, -0.2) is 24.9 Å². The van der Waals surface area contributed by atoms with E-state index in [2.05, 4.69) is 10.6 Å². The molecule has 1 heterocycles. The lowest BCUT2D eigenvalue weighted by Gasteiger charge is -2.21. The molecule has 0 radical (unpaired) electrons. The van der Waals surface area contributed by atoms with Gasteiger partial charge >= 0.3 is 0 Å². The summed E-state index contributed by atoms with van der Waals surface area (Å²) < 4.78 is 27.4. The van der Waals surface area contributed by atoms with Gasteiger partial charge in [0.05, 0.1) is 5.56 Å². The second-order valence-corrected chi connectivity index (χ2v) is 5.44. The van der Waals surface area contributed by atoms with Gasteiger partial charge in [-0.25, -0.2) is 8.78 Å². The van der Waals surface area contributed by atoms with Crippen molar-refractivity contribution < 1.29 is 18.4 Å². The Bertz CT molecular complexity index is 572. The van der Waals surface area contributed by atoms with Crippen LogP contribution in [0, 0.1) is 17.6 Å². The number of nitrogens with one attached hydrogen (secondary N) is 2. The summed E-state index contributed by atoms with van der Waals surface area (Å²) in [5, 5.41) is 5.79. The van der Waals surface area contributed by atoms with Gasteiger partial charge in [0.25, 0.3) is 5.91 Å². The van der Waals surface area contributed by atoms with Crippen molar-refractivity contribution in [2.45, 2.75) is 25.8 Å². The van der Waals surface area contributed by atoms with Crippen LogP contribution in [-0.2, 0) is 11.3 Å². The Kier molecular flexibility index (Phi) is 5.43. The Hall–Kier alpha value is -2.02. The first-order valence-corrected chi connectivity index (χ1v) is 7.23. The fraction of sp³-hybridized carbons (Fsp3) is 0.467. The minimum absolute atomic E-state index is 0.0128. The van der Waals surface area contributed by atoms with E-state index in [4.69, 9.17) is 5.73 Å². The van der Waals surface area contributed by atoms with Gasteiger partial charge in [-0.3, -0.25) is 9.59 Å². The van der Waals surface area contributed by atoms with Gasteiger partial charge in [-0.15, -0.1) is 0 Å². The van der Waals surface area contributed by atoms with Crippen molar-refractivity contribution in [1.82, 2.24) is 10.6 Å². The van der Waals surface area contributed by atoms with Crippen molar-refractivity contribution in [3.05, 3.63) is 34.9 Å². The summed E-state index contributed by atoms with van der Waals surface area (Å²) in [4.78, 5) is 22.7. The highest BCUT2D eigenvalue weighted by atomic mass is 19.2. The third-order valence-electron chi connectivity index (χ3n) is 3.84. The molecule has 1 aromatic rings. The van der Waals surface area contributed by atoms with E-state index in [0.29, 0.717) is 12.3 Å². The Labute approximate surface area is 127 Å². The summed E-state index contributed by atoms with van der Waals surface area (Å²) in [5.41, 5.74) is 4.43. The van der Waals surface area contributed by atoms with Gasteiger partial charge in [0, 0.05) is 18.5 Å². The molecule has 0 aromatic heterocycles. The van der Waals surface area contributed by atoms with E-state index in [1.165, 1.54) is 6.07 Å². The second-order valence-electron chi connectivity index (χ2n) is 5.44. The Morgan fingerprint density at radius 2 is 1.91 bits per heavy atom. The van der Waals surface area contributed by atoms with Crippen LogP contribution >= 0.6 is 0 Å². The molecule has 22 heavy (non-hydrogen) atoms. The van der Waals surface area contributed by atoms with Crippen LogP contribution in [0.4, 0.5) is 8.78 Å². The number of carbonyl (C=O) groups is 2. The van der Waals surface area contributed by atoms with Crippen molar-refractivity contribution in [3.8, 4) is 0 Å². The first-order valence-electron chi connectivity index (χ1n) is 7.23. The number of primary amides is 1. The zero-order chi connectivity index (χ0) is 16.1. The highest BCUT2D eigenvalue weighted by Crippen LogP contribution is 2.17. The molecule has 1 aromatic carbocycles. The van der Waals surface area contributed by atoms with E-state index in [-0.39, 0.29) is 18.0 Å². The number of hydrogen-bond acceptors (Lipinski definition) is 3. The maximum absolute atomic E-state index is 13.8. The van der Waals surface area contributed by atoms with Crippen LogP contribution in [0.1, 0.15) is 35.2 Å². The normalized spacial score (nSPS) is 15.5. The predicted molar refractivity (Wildman–Crippen MR) is 76.9 cm³/mol. The molecule has 7 heteroatoms. The molecule has 1 aliphatic rings. The second kappa shape index (κ2) is 7.31. The van der Waals surface area contributed by atoms with Crippen LogP contribution < -0.4 is 16.4 Å². The summed E-state index contributed by atoms with van der Waals surface area (Å²) in [6.07, 6.45) is 2.25. The third-order valence-corrected chi connectivity index (χ3v) is 3.84. The van der Waals surface area contributed by atoms with E-state index in [1.807, 2.05) is 0 Å². The quantitative estimate of drug-likeness (QED) is 0.760. The first-order chi connectivity index (χ1) is 10.5. The van der Waals surface area contributed by atoms with Crippen LogP contribution in [0.3, 0.4) is 0 Å². The molecule has 0 saturated carbocycles. The van der Waals surface area contributed by atoms with Gasteiger partial charge < -0.3 is 16.4 Å². The molecule has 2 amide bonds. The lowest BCUT2D eigenvalue weighted by atomic mass is 9.94. The lowest BCUT2D eigenvalue weighted by Crippen LogP contribution is -2.32. The minimum Gasteiger partial charge on any atom is -0.366 e. The van der Waals surface area contributed by atoms with Crippen molar-refractivity contribution in [1.29, 1.82) is 0 Å². The average molecular weight is 311 g/mol. The molecule has 4 N–H and O–H groups in total. The van der Waals surface area contributed by atoms with E-state index < -0.39 is 23.1 Å². The lowest BCUT2D eigenvalue weighted by molar-refractivity contribution is -0.122. The van der Waals surface area contributed by atoms with Crippen LogP contribution in [0.5, 0.6) is 0 Å². The molecule has 0 atom stereocenters. The zero-order valence-electron chi connectivity index (χ0n) is 12.1. The number of rotatable bonds is 5. The topological polar surface area (TPSA) is 84.2 Å². The standard InChI is InChI=1S/C15H19F2N3O2/c16-13-10(1-2-11(14(13)17)15(18)22)8-20-12(21)7-9-3-5-19-6-4-9/h1-2,9,19H,3-8H2,(H2,18,22)(H,20,21). The van der Waals surface area contributed by atoms with Gasteiger partial charge in [-0.2, -0.15) is 0 Å². The maximum atomic E-state index is 13.8. The average Bonchev–Trinajstić information content (AvgIpc) is 2.49. The summed E-state index contributed by atoms with van der Waals surface area (Å²) in [6.45, 7) is 1.67. The van der Waals surface area contributed by atoms with E-state index >= 15 is 0 Å². The van der Waals surface area contributed by atoms with Crippen molar-refractivity contribution in [2.24, 2.45) is 11.7 Å². The summed E-state index contributed by atoms with van der Waals surface area (Å²) in [5.74, 6) is -3.33. The molecule has 1 fully saturated rings. The summed E-state index contributed by atoms with van der Waals surface area (Å²) in [6, 6.07) is 2.37. The zero-order valence-corrected chi connectivity index (χ0v) is 12.1. The van der Waals surface area contributed by atoms with Crippen LogP contribution in [0.2, 0.25) is 0 Å². The molecule has 1 saturated heterocycles. The molecule has 0 spiro atoms. The Morgan fingerprint density at radius 3 is 2.55 bits per heavy atom. The molecule has 0 bridgehead atoms. The number of nitrogens with two attached hydrogens (primary N) is 1. The highest BCUT2D eigenvalue weighted by Gasteiger charge is 2.19. The fourth-order valence-electron chi connectivity index (χ4n) is 2.53. The summed E-state index contributed by atoms with van der Waals surface area (Å²) in [7, 11) is 0. The molecule has 5 nitrogen and oxygen atoms in total. The van der Waals surface area contributed by atoms with Gasteiger partial charge in [0.15, 0.2) is 11.6 Å². The molecular weight excluding hydrogens is 292 g/mol. The van der Waals surface area contributed by atoms with Gasteiger partial charge in [0.1, 0.15) is 0 Å². The molecule has 120 valence electrons. The first kappa shape index (κ1) is 16.4. The van der Waals surface area contributed by atoms with Crippen molar-refractivity contribution in [3.63, 3.8) is 0 Å². The largest absolute Gasteiger partial charge is 0.366 e. The van der Waals surface area contributed by atoms with E-state index in [9.17, 15) is 18.4 Å². The van der Waals surface area contributed by atoms with Gasteiger partial charge in [-0.05, 0) is 37.9 Å². The smallest absolute Gasteiger partial charge is 0.251 e. The van der Waals surface area contributed by atoms with Crippen molar-refractivity contribution in [2.75, 3.05) is 13.1 Å². The van der Waals surface area contributed by atoms with E-state index in [1.54, 1.807) is 0 Å². The van der Waals surface area contributed by atoms with Crippen LogP contribution in [0.15, 0.2) is 12.1 Å². The molecular formula is C15H19F2N3O2. The van der Waals surface area contributed by atoms with Crippen LogP contribution in [0.25, 0.3) is 0 Å². The van der Waals surface area contributed by atoms with Crippen molar-refractivity contribution >= 4 is 11.8 Å². The van der Waals surface area contributed by atoms with Gasteiger partial charge in [-0.1, -0.05) is 6.07 Å². The molecule has 1 aliphatic heterocycles. The Morgan fingerprint density at radius 1 is 1.23 bits per heavy atom. The number of hydrogen-bond donors (Lipinski definition) is 3. The molecule has 0 unspecified atom stereocenters. The minimum atomic E-state index is -1.28. The highest BCUT2D eigenvalue weighted by molar-refractivity contribution is 5.93. The maximum Gasteiger partial charge on any atom is 0.251 e. The number of carbonyl (C=O) groups excluding carboxylic acids is 2. The number of halogens is 2. The number of amides is 2. The third kappa shape index (κ3) is 4.00. The predicted octanol–water partition coefficient (Wildman–Crippen LogP) is 1.07. The number of piperidine rings is 1. The number of benzene rings is 1. The fourth-order valence-corrected chi connectivity index (χ4v) is 2.53. The monoisotopic (exact) mass is 311 g/mol. The SMILES string of the molecule is NC(=O)c1ccc(CNC(=O)CC2CCNCC2)c(F)c1F. The van der Waals surface area contributed by atoms with Gasteiger partial charge in [0.2, 0.25) is 5.91 Å². The molecule has 2 rings (SSSR count).